The Labute approximate surface area is 159 Å². The molecule has 1 unspecified atom stereocenters. The van der Waals surface area contributed by atoms with Gasteiger partial charge in [-0.1, -0.05) is 42.5 Å². The van der Waals surface area contributed by atoms with E-state index in [0.717, 1.165) is 5.56 Å². The second-order valence-corrected chi connectivity index (χ2v) is 6.08. The van der Waals surface area contributed by atoms with E-state index in [1.54, 1.807) is 36.4 Å². The molecule has 1 heterocycles. The van der Waals surface area contributed by atoms with Gasteiger partial charge in [-0.25, -0.2) is 9.18 Å². The highest BCUT2D eigenvalue weighted by atomic mass is 19.1. The van der Waals surface area contributed by atoms with Crippen LogP contribution in [0.15, 0.2) is 63.8 Å². The summed E-state index contributed by atoms with van der Waals surface area (Å²) in [4.78, 5) is 36.5. The van der Waals surface area contributed by atoms with Crippen molar-refractivity contribution in [2.24, 2.45) is 5.73 Å². The largest absolute Gasteiger partial charge is 0.421 e. The molecule has 8 heteroatoms. The first-order valence-electron chi connectivity index (χ1n) is 8.55. The van der Waals surface area contributed by atoms with E-state index < -0.39 is 35.0 Å². The Hall–Kier alpha value is -3.52. The van der Waals surface area contributed by atoms with Gasteiger partial charge in [0.15, 0.2) is 11.5 Å². The smallest absolute Gasteiger partial charge is 0.363 e. The van der Waals surface area contributed by atoms with Crippen molar-refractivity contribution in [1.29, 1.82) is 0 Å². The summed E-state index contributed by atoms with van der Waals surface area (Å²) in [6.07, 6.45) is 0.138. The number of para-hydroxylation sites is 1. The van der Waals surface area contributed by atoms with E-state index >= 15 is 0 Å². The van der Waals surface area contributed by atoms with E-state index in [2.05, 4.69) is 10.6 Å². The molecular formula is C20H18FN3O4. The van der Waals surface area contributed by atoms with Crippen LogP contribution in [0.3, 0.4) is 0 Å². The summed E-state index contributed by atoms with van der Waals surface area (Å²) in [5.74, 6) is -2.21. The van der Waals surface area contributed by atoms with E-state index in [0.29, 0.717) is 0 Å². The van der Waals surface area contributed by atoms with Gasteiger partial charge < -0.3 is 20.8 Å². The van der Waals surface area contributed by atoms with Crippen molar-refractivity contribution in [3.8, 4) is 0 Å². The lowest BCUT2D eigenvalue weighted by molar-refractivity contribution is -0.125. The molecule has 0 aliphatic carbocycles. The number of amides is 2. The number of rotatable bonds is 6. The van der Waals surface area contributed by atoms with Gasteiger partial charge in [0.2, 0.25) is 11.8 Å². The van der Waals surface area contributed by atoms with Crippen molar-refractivity contribution in [2.75, 3.05) is 11.9 Å². The summed E-state index contributed by atoms with van der Waals surface area (Å²) in [6.45, 7) is -0.314. The first kappa shape index (κ1) is 19.2. The average molecular weight is 383 g/mol. The van der Waals surface area contributed by atoms with Gasteiger partial charge in [-0.15, -0.1) is 0 Å². The standard InChI is InChI=1S/C20H18FN3O4/c21-17-13-8-4-5-9-15(13)28-20(27)18(17)24-19(26)14(23-16(25)11-22)10-12-6-2-1-3-7-12/h1-9,14H,10-11,22H2,(H,23,25)(H,24,26). The predicted octanol–water partition coefficient (Wildman–Crippen LogP) is 1.56. The molecule has 3 aromatic rings. The Morgan fingerprint density at radius 3 is 2.46 bits per heavy atom. The summed E-state index contributed by atoms with van der Waals surface area (Å²) >= 11 is 0. The van der Waals surface area contributed by atoms with Gasteiger partial charge in [-0.05, 0) is 17.7 Å². The van der Waals surface area contributed by atoms with Crippen LogP contribution in [0.5, 0.6) is 0 Å². The number of halogens is 1. The number of benzene rings is 2. The lowest BCUT2D eigenvalue weighted by Gasteiger charge is -2.18. The van der Waals surface area contributed by atoms with Crippen LogP contribution < -0.4 is 22.0 Å². The zero-order valence-corrected chi connectivity index (χ0v) is 14.8. The van der Waals surface area contributed by atoms with Crippen LogP contribution >= 0.6 is 0 Å². The zero-order chi connectivity index (χ0) is 20.1. The molecule has 0 saturated carbocycles. The lowest BCUT2D eigenvalue weighted by atomic mass is 10.0. The van der Waals surface area contributed by atoms with Crippen molar-refractivity contribution < 1.29 is 18.4 Å². The van der Waals surface area contributed by atoms with Crippen LogP contribution in [0, 0.1) is 5.82 Å². The van der Waals surface area contributed by atoms with E-state index in [-0.39, 0.29) is 23.9 Å². The molecule has 7 nitrogen and oxygen atoms in total. The first-order chi connectivity index (χ1) is 13.5. The molecule has 0 aliphatic rings. The molecule has 28 heavy (non-hydrogen) atoms. The molecule has 144 valence electrons. The minimum atomic E-state index is -1.05. The van der Waals surface area contributed by atoms with Gasteiger partial charge in [-0.3, -0.25) is 9.59 Å². The topological polar surface area (TPSA) is 114 Å². The van der Waals surface area contributed by atoms with Crippen molar-refractivity contribution >= 4 is 28.5 Å². The van der Waals surface area contributed by atoms with Crippen LogP contribution in [0.4, 0.5) is 10.1 Å². The van der Waals surface area contributed by atoms with Gasteiger partial charge in [-0.2, -0.15) is 0 Å². The Bertz CT molecular complexity index is 1070. The highest BCUT2D eigenvalue weighted by Crippen LogP contribution is 2.21. The SMILES string of the molecule is NCC(=O)NC(Cc1ccccc1)C(=O)Nc1c(F)c2ccccc2oc1=O. The Balaban J connectivity index is 1.90. The number of hydrogen-bond acceptors (Lipinski definition) is 5. The van der Waals surface area contributed by atoms with Crippen LogP contribution in [-0.4, -0.2) is 24.4 Å². The van der Waals surface area contributed by atoms with Gasteiger partial charge >= 0.3 is 5.63 Å². The quantitative estimate of drug-likeness (QED) is 0.559. The predicted molar refractivity (Wildman–Crippen MR) is 102 cm³/mol. The second kappa shape index (κ2) is 8.45. The van der Waals surface area contributed by atoms with Crippen molar-refractivity contribution in [1.82, 2.24) is 5.32 Å². The van der Waals surface area contributed by atoms with E-state index in [4.69, 9.17) is 10.2 Å². The summed E-state index contributed by atoms with van der Waals surface area (Å²) in [6, 6.07) is 13.9. The van der Waals surface area contributed by atoms with Crippen molar-refractivity contribution in [2.45, 2.75) is 12.5 Å². The van der Waals surface area contributed by atoms with E-state index in [9.17, 15) is 18.8 Å². The van der Waals surface area contributed by atoms with Crippen molar-refractivity contribution in [3.63, 3.8) is 0 Å². The lowest BCUT2D eigenvalue weighted by Crippen LogP contribution is -2.47. The van der Waals surface area contributed by atoms with Gasteiger partial charge in [0.25, 0.3) is 0 Å². The molecule has 0 spiro atoms. The summed E-state index contributed by atoms with van der Waals surface area (Å²) < 4.78 is 19.8. The molecule has 0 saturated heterocycles. The van der Waals surface area contributed by atoms with Crippen LogP contribution in [-0.2, 0) is 16.0 Å². The molecule has 0 aliphatic heterocycles. The molecule has 3 rings (SSSR count). The number of nitrogens with two attached hydrogens (primary N) is 1. The Kier molecular flexibility index (Phi) is 5.81. The Morgan fingerprint density at radius 1 is 1.07 bits per heavy atom. The maximum absolute atomic E-state index is 14.7. The minimum absolute atomic E-state index is 0.0583. The number of carbonyl (C=O) groups excluding carboxylic acids is 2. The molecule has 2 amide bonds. The third-order valence-corrected chi connectivity index (χ3v) is 4.12. The molecule has 1 atom stereocenters. The zero-order valence-electron chi connectivity index (χ0n) is 14.8. The normalized spacial score (nSPS) is 11.8. The number of nitrogens with one attached hydrogen (secondary N) is 2. The van der Waals surface area contributed by atoms with Gasteiger partial charge in [0.05, 0.1) is 11.9 Å². The van der Waals surface area contributed by atoms with Crippen LogP contribution in [0.2, 0.25) is 0 Å². The highest BCUT2D eigenvalue weighted by molar-refractivity contribution is 5.98. The van der Waals surface area contributed by atoms with Gasteiger partial charge in [0.1, 0.15) is 11.6 Å². The molecule has 1 aromatic heterocycles. The third-order valence-electron chi connectivity index (χ3n) is 4.12. The molecular weight excluding hydrogens is 365 g/mol. The fraction of sp³-hybridized carbons (Fsp3) is 0.150. The van der Waals surface area contributed by atoms with Gasteiger partial charge in [0, 0.05) is 6.42 Å². The number of fused-ring (bicyclic) bond motifs is 1. The summed E-state index contributed by atoms with van der Waals surface area (Å²) in [5.41, 5.74) is 4.52. The first-order valence-corrected chi connectivity index (χ1v) is 8.55. The molecule has 2 aromatic carbocycles. The van der Waals surface area contributed by atoms with E-state index in [1.807, 2.05) is 6.07 Å². The molecule has 0 fully saturated rings. The van der Waals surface area contributed by atoms with Crippen molar-refractivity contribution in [3.05, 3.63) is 76.4 Å². The number of hydrogen-bond donors (Lipinski definition) is 3. The maximum atomic E-state index is 14.7. The number of carbonyl (C=O) groups is 2. The summed E-state index contributed by atoms with van der Waals surface area (Å²) in [7, 11) is 0. The Morgan fingerprint density at radius 2 is 1.75 bits per heavy atom. The van der Waals surface area contributed by atoms with E-state index in [1.165, 1.54) is 12.1 Å². The minimum Gasteiger partial charge on any atom is -0.421 e. The second-order valence-electron chi connectivity index (χ2n) is 6.08. The molecule has 0 radical (unpaired) electrons. The fourth-order valence-electron chi connectivity index (χ4n) is 2.74. The summed E-state index contributed by atoms with van der Waals surface area (Å²) in [5, 5.41) is 4.78. The third kappa shape index (κ3) is 4.24. The molecule has 4 N–H and O–H groups in total. The highest BCUT2D eigenvalue weighted by Gasteiger charge is 2.24. The fourth-order valence-corrected chi connectivity index (χ4v) is 2.74. The van der Waals surface area contributed by atoms with Crippen LogP contribution in [0.1, 0.15) is 5.56 Å². The molecule has 0 bridgehead atoms. The monoisotopic (exact) mass is 383 g/mol. The average Bonchev–Trinajstić information content (AvgIpc) is 2.71. The number of anilines is 1. The maximum Gasteiger partial charge on any atom is 0.363 e. The van der Waals surface area contributed by atoms with Crippen LogP contribution in [0.25, 0.3) is 11.0 Å².